The molecule has 41 heavy (non-hydrogen) atoms. The molecule has 5 rings (SSSR count). The summed E-state index contributed by atoms with van der Waals surface area (Å²) in [7, 11) is 3.24. The first-order valence-electron chi connectivity index (χ1n) is 13.6. The molecule has 1 aliphatic heterocycles. The molecule has 8 nitrogen and oxygen atoms in total. The maximum absolute atomic E-state index is 13.0. The van der Waals surface area contributed by atoms with Gasteiger partial charge in [-0.25, -0.2) is 9.46 Å². The molecule has 0 radical (unpaired) electrons. The minimum Gasteiger partial charge on any atom is -0.306 e. The highest BCUT2D eigenvalue weighted by Gasteiger charge is 2.46. The number of hydrogen-bond acceptors (Lipinski definition) is 5. The number of rotatable bonds is 9. The van der Waals surface area contributed by atoms with Gasteiger partial charge in [0.1, 0.15) is 0 Å². The van der Waals surface area contributed by atoms with E-state index in [9.17, 15) is 14.2 Å². The number of aromatic nitrogens is 2. The van der Waals surface area contributed by atoms with Crippen molar-refractivity contribution >= 4 is 18.1 Å². The van der Waals surface area contributed by atoms with E-state index in [1.54, 1.807) is 24.9 Å². The summed E-state index contributed by atoms with van der Waals surface area (Å²) >= 11 is 6.25. The average Bonchev–Trinajstić information content (AvgIpc) is 2.98. The summed E-state index contributed by atoms with van der Waals surface area (Å²) in [4.78, 5) is 29.7. The number of hydrogen-bond donors (Lipinski definition) is 1. The summed E-state index contributed by atoms with van der Waals surface area (Å²) in [5.74, 6) is -0.130. The molecule has 0 bridgehead atoms. The van der Waals surface area contributed by atoms with Crippen LogP contribution in [-0.4, -0.2) is 52.9 Å². The Hall–Kier alpha value is -3.26. The van der Waals surface area contributed by atoms with E-state index in [1.807, 2.05) is 54.6 Å². The predicted molar refractivity (Wildman–Crippen MR) is 162 cm³/mol. The summed E-state index contributed by atoms with van der Waals surface area (Å²) in [5.41, 5.74) is 1.58. The van der Waals surface area contributed by atoms with E-state index < -0.39 is 23.7 Å². The second-order valence-electron chi connectivity index (χ2n) is 10.6. The van der Waals surface area contributed by atoms with Crippen LogP contribution >= 0.6 is 18.1 Å². The van der Waals surface area contributed by atoms with Crippen LogP contribution in [0.25, 0.3) is 0 Å². The highest BCUT2D eigenvalue weighted by Crippen LogP contribution is 2.55. The normalized spacial score (nSPS) is 19.6. The van der Waals surface area contributed by atoms with E-state index in [4.69, 9.17) is 15.8 Å². The SMILES string of the molecule is CN(C)P(=O)(Cl)OCC1C[C@@H](n2ccc(=O)[nH]c2=O)CN(C(c2ccccc2)(c2ccccc2)c2ccccc2)C1. The summed E-state index contributed by atoms with van der Waals surface area (Å²) in [6.45, 7) is -2.28. The predicted octanol–water partition coefficient (Wildman–Crippen LogP) is 5.32. The van der Waals surface area contributed by atoms with Gasteiger partial charge in [0.15, 0.2) is 0 Å². The molecule has 2 unspecified atom stereocenters. The van der Waals surface area contributed by atoms with Crippen LogP contribution < -0.4 is 11.2 Å². The van der Waals surface area contributed by atoms with Crippen LogP contribution in [0.3, 0.4) is 0 Å². The fraction of sp³-hybridized carbons (Fsp3) is 0.290. The van der Waals surface area contributed by atoms with Gasteiger partial charge >= 0.3 is 12.6 Å². The molecule has 4 aromatic rings. The van der Waals surface area contributed by atoms with Gasteiger partial charge in [0.25, 0.3) is 5.56 Å². The molecule has 10 heteroatoms. The fourth-order valence-corrected chi connectivity index (χ4v) is 6.68. The van der Waals surface area contributed by atoms with Gasteiger partial charge in [-0.2, -0.15) is 0 Å². The minimum atomic E-state index is -3.50. The molecular formula is C31H34ClN4O4P. The van der Waals surface area contributed by atoms with Gasteiger partial charge in [-0.1, -0.05) is 91.0 Å². The topological polar surface area (TPSA) is 87.6 Å². The zero-order valence-electron chi connectivity index (χ0n) is 23.1. The van der Waals surface area contributed by atoms with Crippen LogP contribution in [0, 0.1) is 5.92 Å². The lowest BCUT2D eigenvalue weighted by Crippen LogP contribution is -2.56. The molecule has 0 amide bonds. The zero-order valence-corrected chi connectivity index (χ0v) is 24.7. The highest BCUT2D eigenvalue weighted by molar-refractivity contribution is 7.83. The Kier molecular flexibility index (Phi) is 8.78. The van der Waals surface area contributed by atoms with Gasteiger partial charge in [0, 0.05) is 25.4 Å². The molecule has 1 aromatic heterocycles. The first-order valence-corrected chi connectivity index (χ1v) is 16.0. The summed E-state index contributed by atoms with van der Waals surface area (Å²) in [5, 5.41) is 0. The van der Waals surface area contributed by atoms with Crippen molar-refractivity contribution < 1.29 is 9.09 Å². The zero-order chi connectivity index (χ0) is 29.0. The van der Waals surface area contributed by atoms with Gasteiger partial charge in [-0.3, -0.25) is 23.8 Å². The molecule has 2 heterocycles. The number of likely N-dealkylation sites (tertiary alicyclic amines) is 1. The van der Waals surface area contributed by atoms with Crippen LogP contribution in [0.5, 0.6) is 0 Å². The van der Waals surface area contributed by atoms with E-state index in [2.05, 4.69) is 46.3 Å². The van der Waals surface area contributed by atoms with Gasteiger partial charge in [-0.15, -0.1) is 0 Å². The Morgan fingerprint density at radius 2 is 1.39 bits per heavy atom. The third kappa shape index (κ3) is 6.03. The lowest BCUT2D eigenvalue weighted by molar-refractivity contribution is 0.0417. The van der Waals surface area contributed by atoms with Crippen molar-refractivity contribution in [1.82, 2.24) is 19.1 Å². The Morgan fingerprint density at radius 1 is 0.878 bits per heavy atom. The largest absolute Gasteiger partial charge is 0.362 e. The summed E-state index contributed by atoms with van der Waals surface area (Å²) < 4.78 is 21.7. The molecule has 0 spiro atoms. The Morgan fingerprint density at radius 3 is 1.85 bits per heavy atom. The molecule has 0 aliphatic carbocycles. The third-order valence-corrected chi connectivity index (χ3v) is 10.4. The molecular weight excluding hydrogens is 559 g/mol. The minimum absolute atomic E-state index is 0.130. The smallest absolute Gasteiger partial charge is 0.306 e. The van der Waals surface area contributed by atoms with E-state index in [0.29, 0.717) is 19.5 Å². The van der Waals surface area contributed by atoms with Gasteiger partial charge < -0.3 is 4.52 Å². The number of halogens is 1. The monoisotopic (exact) mass is 592 g/mol. The van der Waals surface area contributed by atoms with E-state index in [-0.39, 0.29) is 18.6 Å². The van der Waals surface area contributed by atoms with Gasteiger partial charge in [0.2, 0.25) is 0 Å². The molecule has 1 saturated heterocycles. The second kappa shape index (κ2) is 12.3. The molecule has 214 valence electrons. The molecule has 3 atom stereocenters. The second-order valence-corrected chi connectivity index (χ2v) is 13.8. The van der Waals surface area contributed by atoms with Gasteiger partial charge in [0.05, 0.1) is 18.2 Å². The Bertz CT molecular complexity index is 1520. The lowest BCUT2D eigenvalue weighted by atomic mass is 9.73. The highest BCUT2D eigenvalue weighted by atomic mass is 35.7. The molecule has 1 N–H and O–H groups in total. The summed E-state index contributed by atoms with van der Waals surface area (Å²) in [6.07, 6.45) is 2.12. The molecule has 1 fully saturated rings. The Labute approximate surface area is 244 Å². The fourth-order valence-electron chi connectivity index (χ4n) is 5.88. The number of aromatic amines is 1. The van der Waals surface area contributed by atoms with Crippen LogP contribution in [-0.2, 0) is 14.6 Å². The number of piperidine rings is 1. The standard InChI is InChI=1S/C31H34ClN4O4P/c1-34(2)41(32,39)40-23-24-20-28(36-19-18-29(37)33-30(36)38)22-35(21-24)31(25-12-6-3-7-13-25,26-14-8-4-9-15-26)27-16-10-5-11-17-27/h3-19,24,28H,20-23H2,1-2H3,(H,33,37,38)/t24?,28-,41?/m1/s1. The number of nitrogens with one attached hydrogen (secondary N) is 1. The number of nitrogens with zero attached hydrogens (tertiary/aromatic N) is 3. The van der Waals surface area contributed by atoms with Gasteiger partial charge in [-0.05, 0) is 54.4 Å². The Balaban J connectivity index is 1.69. The number of H-pyrrole nitrogens is 1. The quantitative estimate of drug-likeness (QED) is 0.209. The van der Waals surface area contributed by atoms with Crippen molar-refractivity contribution in [3.8, 4) is 0 Å². The number of benzene rings is 3. The van der Waals surface area contributed by atoms with Crippen molar-refractivity contribution in [3.63, 3.8) is 0 Å². The summed E-state index contributed by atoms with van der Waals surface area (Å²) in [6, 6.07) is 32.0. The van der Waals surface area contributed by atoms with Crippen LogP contribution in [0.2, 0.25) is 0 Å². The maximum atomic E-state index is 13.0. The third-order valence-electron chi connectivity index (χ3n) is 7.76. The first kappa shape index (κ1) is 29.2. The van der Waals surface area contributed by atoms with Crippen molar-refractivity contribution in [2.24, 2.45) is 5.92 Å². The first-order chi connectivity index (χ1) is 19.7. The van der Waals surface area contributed by atoms with Crippen molar-refractivity contribution in [1.29, 1.82) is 0 Å². The average molecular weight is 593 g/mol. The van der Waals surface area contributed by atoms with Crippen molar-refractivity contribution in [3.05, 3.63) is 141 Å². The van der Waals surface area contributed by atoms with Crippen LogP contribution in [0.1, 0.15) is 29.2 Å². The lowest BCUT2D eigenvalue weighted by Gasteiger charge is -2.51. The van der Waals surface area contributed by atoms with E-state index >= 15 is 0 Å². The molecule has 1 aliphatic rings. The maximum Gasteiger partial charge on any atom is 0.362 e. The molecule has 0 saturated carbocycles. The van der Waals surface area contributed by atoms with Crippen LogP contribution in [0.4, 0.5) is 0 Å². The van der Waals surface area contributed by atoms with E-state index in [0.717, 1.165) is 16.7 Å². The molecule has 3 aromatic carbocycles. The van der Waals surface area contributed by atoms with Crippen LogP contribution in [0.15, 0.2) is 113 Å². The van der Waals surface area contributed by atoms with Crippen molar-refractivity contribution in [2.45, 2.75) is 18.0 Å². The van der Waals surface area contributed by atoms with E-state index in [1.165, 1.54) is 10.7 Å². The van der Waals surface area contributed by atoms with Crippen molar-refractivity contribution in [2.75, 3.05) is 33.8 Å².